The fraction of sp³-hybridized carbons (Fsp3) is 0.562. The number of nitrogens with zero attached hydrogens (tertiary/aromatic N) is 1. The molecule has 1 aromatic rings. The molecule has 0 fully saturated rings. The third-order valence-electron chi connectivity index (χ3n) is 3.22. The lowest BCUT2D eigenvalue weighted by molar-refractivity contribution is 0.430. The second-order valence-electron chi connectivity index (χ2n) is 5.43. The second-order valence-corrected chi connectivity index (χ2v) is 5.43. The lowest BCUT2D eigenvalue weighted by Crippen LogP contribution is -2.09. The molecule has 2 heteroatoms. The molecule has 1 aromatic carbocycles. The van der Waals surface area contributed by atoms with Gasteiger partial charge >= 0.3 is 0 Å². The minimum absolute atomic E-state index is 0.178. The first-order chi connectivity index (χ1) is 8.57. The van der Waals surface area contributed by atoms with Crippen molar-refractivity contribution in [3.8, 4) is 6.07 Å². The van der Waals surface area contributed by atoms with Crippen LogP contribution in [0.2, 0.25) is 0 Å². The Kier molecular flexibility index (Phi) is 5.71. The lowest BCUT2D eigenvalue weighted by atomic mass is 9.89. The molecule has 0 aliphatic rings. The van der Waals surface area contributed by atoms with E-state index in [9.17, 15) is 0 Å². The van der Waals surface area contributed by atoms with E-state index in [0.29, 0.717) is 0 Å². The number of aryl methyl sites for hydroxylation is 1. The molecule has 2 nitrogen and oxygen atoms in total. The van der Waals surface area contributed by atoms with Crippen molar-refractivity contribution in [1.82, 2.24) is 0 Å². The van der Waals surface area contributed by atoms with Crippen molar-refractivity contribution in [2.24, 2.45) is 5.41 Å². The third-order valence-corrected chi connectivity index (χ3v) is 3.22. The van der Waals surface area contributed by atoms with Gasteiger partial charge in [0.15, 0.2) is 0 Å². The number of benzene rings is 1. The van der Waals surface area contributed by atoms with E-state index in [0.717, 1.165) is 32.2 Å². The minimum Gasteiger partial charge on any atom is -0.385 e. The Morgan fingerprint density at radius 1 is 1.17 bits per heavy atom. The Morgan fingerprint density at radius 2 is 1.83 bits per heavy atom. The summed E-state index contributed by atoms with van der Waals surface area (Å²) in [4.78, 5) is 0. The van der Waals surface area contributed by atoms with Crippen molar-refractivity contribution >= 4 is 5.69 Å². The first-order valence-electron chi connectivity index (χ1n) is 6.81. The van der Waals surface area contributed by atoms with Crippen LogP contribution in [0.5, 0.6) is 0 Å². The van der Waals surface area contributed by atoms with Gasteiger partial charge in [0.1, 0.15) is 0 Å². The topological polar surface area (TPSA) is 35.8 Å². The van der Waals surface area contributed by atoms with Gasteiger partial charge in [-0.1, -0.05) is 25.5 Å². The highest BCUT2D eigenvalue weighted by atomic mass is 14.9. The molecule has 0 amide bonds. The molecule has 0 unspecified atom stereocenters. The molecule has 18 heavy (non-hydrogen) atoms. The van der Waals surface area contributed by atoms with Crippen LogP contribution in [0.1, 0.15) is 45.6 Å². The maximum Gasteiger partial charge on any atom is 0.0683 e. The normalized spacial score (nSPS) is 11.0. The smallest absolute Gasteiger partial charge is 0.0683 e. The standard InChI is InChI=1S/C16H24N2/c1-4-14-7-9-15(10-8-14)18-12-6-5-11-16(2,3)13-17/h7-10,18H,4-6,11-12H2,1-3H3. The summed E-state index contributed by atoms with van der Waals surface area (Å²) in [7, 11) is 0. The molecule has 0 aliphatic heterocycles. The maximum absolute atomic E-state index is 8.91. The molecule has 0 aliphatic carbocycles. The predicted molar refractivity (Wildman–Crippen MR) is 77.6 cm³/mol. The Labute approximate surface area is 111 Å². The monoisotopic (exact) mass is 244 g/mol. The van der Waals surface area contributed by atoms with Crippen LogP contribution in [0, 0.1) is 16.7 Å². The highest BCUT2D eigenvalue weighted by Crippen LogP contribution is 2.21. The molecule has 0 radical (unpaired) electrons. The summed E-state index contributed by atoms with van der Waals surface area (Å²) in [6.45, 7) is 7.15. The molecule has 0 aromatic heterocycles. The summed E-state index contributed by atoms with van der Waals surface area (Å²) < 4.78 is 0. The van der Waals surface area contributed by atoms with Crippen molar-refractivity contribution in [2.45, 2.75) is 46.5 Å². The lowest BCUT2D eigenvalue weighted by Gasteiger charge is -2.14. The summed E-state index contributed by atoms with van der Waals surface area (Å²) in [5, 5.41) is 12.3. The Bertz CT molecular complexity index is 385. The van der Waals surface area contributed by atoms with Crippen LogP contribution in [-0.2, 0) is 6.42 Å². The van der Waals surface area contributed by atoms with Gasteiger partial charge in [-0.15, -0.1) is 0 Å². The second kappa shape index (κ2) is 7.06. The van der Waals surface area contributed by atoms with E-state index in [1.165, 1.54) is 11.3 Å². The predicted octanol–water partition coefficient (Wildman–Crippen LogP) is 4.38. The fourth-order valence-corrected chi connectivity index (χ4v) is 1.84. The summed E-state index contributed by atoms with van der Waals surface area (Å²) >= 11 is 0. The molecule has 98 valence electrons. The van der Waals surface area contributed by atoms with Crippen LogP contribution in [0.25, 0.3) is 0 Å². The van der Waals surface area contributed by atoms with E-state index in [2.05, 4.69) is 42.6 Å². The van der Waals surface area contributed by atoms with Crippen LogP contribution in [0.4, 0.5) is 5.69 Å². The van der Waals surface area contributed by atoms with Crippen molar-refractivity contribution < 1.29 is 0 Å². The molecule has 0 heterocycles. The quantitative estimate of drug-likeness (QED) is 0.722. The van der Waals surface area contributed by atoms with Gasteiger partial charge in [0.25, 0.3) is 0 Å². The molecule has 1 N–H and O–H groups in total. The fourth-order valence-electron chi connectivity index (χ4n) is 1.84. The summed E-state index contributed by atoms with van der Waals surface area (Å²) in [6.07, 6.45) is 4.27. The van der Waals surface area contributed by atoms with Crippen LogP contribution in [0.3, 0.4) is 0 Å². The van der Waals surface area contributed by atoms with Crippen LogP contribution in [0.15, 0.2) is 24.3 Å². The average Bonchev–Trinajstić information content (AvgIpc) is 2.39. The summed E-state index contributed by atoms with van der Waals surface area (Å²) in [5.41, 5.74) is 2.38. The van der Waals surface area contributed by atoms with Crippen molar-refractivity contribution in [3.63, 3.8) is 0 Å². The SMILES string of the molecule is CCc1ccc(NCCCCC(C)(C)C#N)cc1. The molecule has 0 atom stereocenters. The van der Waals surface area contributed by atoms with E-state index < -0.39 is 0 Å². The zero-order valence-corrected chi connectivity index (χ0v) is 11.8. The van der Waals surface area contributed by atoms with Gasteiger partial charge in [0, 0.05) is 12.2 Å². The number of hydrogen-bond acceptors (Lipinski definition) is 2. The van der Waals surface area contributed by atoms with E-state index in [-0.39, 0.29) is 5.41 Å². The van der Waals surface area contributed by atoms with Crippen LogP contribution in [-0.4, -0.2) is 6.54 Å². The Hall–Kier alpha value is -1.49. The molecule has 0 spiro atoms. The van der Waals surface area contributed by atoms with E-state index in [1.54, 1.807) is 0 Å². The summed E-state index contributed by atoms with van der Waals surface area (Å²) in [5.74, 6) is 0. The maximum atomic E-state index is 8.91. The van der Waals surface area contributed by atoms with Crippen molar-refractivity contribution in [2.75, 3.05) is 11.9 Å². The molecule has 0 saturated heterocycles. The average molecular weight is 244 g/mol. The zero-order valence-electron chi connectivity index (χ0n) is 11.8. The van der Waals surface area contributed by atoms with Crippen molar-refractivity contribution in [1.29, 1.82) is 5.26 Å². The van der Waals surface area contributed by atoms with Gasteiger partial charge in [-0.25, -0.2) is 0 Å². The van der Waals surface area contributed by atoms with Gasteiger partial charge in [-0.05, 0) is 50.8 Å². The van der Waals surface area contributed by atoms with Gasteiger partial charge < -0.3 is 5.32 Å². The number of nitriles is 1. The van der Waals surface area contributed by atoms with Crippen LogP contribution >= 0.6 is 0 Å². The number of unbranched alkanes of at least 4 members (excludes halogenated alkanes) is 1. The highest BCUT2D eigenvalue weighted by molar-refractivity contribution is 5.44. The van der Waals surface area contributed by atoms with Crippen molar-refractivity contribution in [3.05, 3.63) is 29.8 Å². The Balaban J connectivity index is 2.20. The van der Waals surface area contributed by atoms with Gasteiger partial charge in [-0.3, -0.25) is 0 Å². The number of hydrogen-bond donors (Lipinski definition) is 1. The molecular weight excluding hydrogens is 220 g/mol. The van der Waals surface area contributed by atoms with Crippen LogP contribution < -0.4 is 5.32 Å². The molecule has 0 bridgehead atoms. The van der Waals surface area contributed by atoms with Gasteiger partial charge in [0.2, 0.25) is 0 Å². The minimum atomic E-state index is -0.178. The molecule has 1 rings (SSSR count). The number of rotatable bonds is 7. The summed E-state index contributed by atoms with van der Waals surface area (Å²) in [6, 6.07) is 11.0. The Morgan fingerprint density at radius 3 is 2.39 bits per heavy atom. The largest absolute Gasteiger partial charge is 0.385 e. The number of nitrogens with one attached hydrogen (secondary N) is 1. The zero-order chi connectivity index (χ0) is 13.4. The molecular formula is C16H24N2. The van der Waals surface area contributed by atoms with Gasteiger partial charge in [0.05, 0.1) is 11.5 Å². The molecule has 0 saturated carbocycles. The first-order valence-corrected chi connectivity index (χ1v) is 6.81. The van der Waals surface area contributed by atoms with E-state index in [4.69, 9.17) is 5.26 Å². The van der Waals surface area contributed by atoms with Gasteiger partial charge in [-0.2, -0.15) is 5.26 Å². The third kappa shape index (κ3) is 5.23. The van der Waals surface area contributed by atoms with E-state index >= 15 is 0 Å². The highest BCUT2D eigenvalue weighted by Gasteiger charge is 2.15. The van der Waals surface area contributed by atoms with E-state index in [1.807, 2.05) is 13.8 Å². The first kappa shape index (κ1) is 14.6. The number of anilines is 1.